The lowest BCUT2D eigenvalue weighted by atomic mass is 10.0. The molecule has 0 aliphatic rings. The number of aryl methyl sites for hydroxylation is 1. The summed E-state index contributed by atoms with van der Waals surface area (Å²) in [7, 11) is 0. The first-order valence-electron chi connectivity index (χ1n) is 9.25. The Balaban J connectivity index is 2.31. The number of nitrogens with one attached hydrogen (secondary N) is 1. The van der Waals surface area contributed by atoms with Crippen LogP contribution in [-0.4, -0.2) is 34.9 Å². The van der Waals surface area contributed by atoms with Crippen molar-refractivity contribution in [2.45, 2.75) is 77.4 Å². The summed E-state index contributed by atoms with van der Waals surface area (Å²) in [5, 5.41) is 22.4. The molecule has 3 N–H and O–H groups in total. The highest BCUT2D eigenvalue weighted by molar-refractivity contribution is 5.94. The van der Waals surface area contributed by atoms with Gasteiger partial charge in [0.05, 0.1) is 18.8 Å². The van der Waals surface area contributed by atoms with Gasteiger partial charge in [-0.2, -0.15) is 0 Å². The van der Waals surface area contributed by atoms with Gasteiger partial charge in [-0.15, -0.1) is 0 Å². The molecule has 0 spiro atoms. The van der Waals surface area contributed by atoms with Gasteiger partial charge in [-0.3, -0.25) is 4.79 Å². The SMILES string of the molecule is CCCCCCCCCC(O)C(CO)NC(=O)c1ccc(C)cc1. The van der Waals surface area contributed by atoms with Crippen LogP contribution in [0.25, 0.3) is 0 Å². The van der Waals surface area contributed by atoms with Crippen LogP contribution < -0.4 is 5.32 Å². The highest BCUT2D eigenvalue weighted by atomic mass is 16.3. The number of carbonyl (C=O) groups excluding carboxylic acids is 1. The van der Waals surface area contributed by atoms with Crippen LogP contribution in [-0.2, 0) is 0 Å². The highest BCUT2D eigenvalue weighted by Crippen LogP contribution is 2.12. The van der Waals surface area contributed by atoms with Crippen molar-refractivity contribution in [2.24, 2.45) is 0 Å². The Hall–Kier alpha value is -1.39. The maximum Gasteiger partial charge on any atom is 0.251 e. The van der Waals surface area contributed by atoms with E-state index < -0.39 is 12.1 Å². The van der Waals surface area contributed by atoms with E-state index in [0.29, 0.717) is 12.0 Å². The molecule has 0 aliphatic heterocycles. The monoisotopic (exact) mass is 335 g/mol. The molecule has 0 aliphatic carbocycles. The molecule has 4 nitrogen and oxygen atoms in total. The van der Waals surface area contributed by atoms with Gasteiger partial charge in [0, 0.05) is 5.56 Å². The van der Waals surface area contributed by atoms with Crippen LogP contribution in [0.4, 0.5) is 0 Å². The van der Waals surface area contributed by atoms with Gasteiger partial charge >= 0.3 is 0 Å². The Bertz CT molecular complexity index is 458. The van der Waals surface area contributed by atoms with Gasteiger partial charge in [-0.25, -0.2) is 0 Å². The van der Waals surface area contributed by atoms with Crippen molar-refractivity contribution in [1.29, 1.82) is 0 Å². The summed E-state index contributed by atoms with van der Waals surface area (Å²) in [5.74, 6) is -0.257. The first kappa shape index (κ1) is 20.7. The zero-order chi connectivity index (χ0) is 17.8. The lowest BCUT2D eigenvalue weighted by Gasteiger charge is -2.22. The van der Waals surface area contributed by atoms with Crippen LogP contribution in [0.5, 0.6) is 0 Å². The zero-order valence-corrected chi connectivity index (χ0v) is 15.1. The average molecular weight is 335 g/mol. The fraction of sp³-hybridized carbons (Fsp3) is 0.650. The van der Waals surface area contributed by atoms with Crippen molar-refractivity contribution in [3.05, 3.63) is 35.4 Å². The fourth-order valence-electron chi connectivity index (χ4n) is 2.73. The standard InChI is InChI=1S/C20H33NO3/c1-3-4-5-6-7-8-9-10-19(23)18(15-22)21-20(24)17-13-11-16(2)12-14-17/h11-14,18-19,22-23H,3-10,15H2,1-2H3,(H,21,24). The molecular formula is C20H33NO3. The molecule has 0 bridgehead atoms. The van der Waals surface area contributed by atoms with Crippen molar-refractivity contribution in [1.82, 2.24) is 5.32 Å². The van der Waals surface area contributed by atoms with E-state index in [2.05, 4.69) is 12.2 Å². The molecule has 4 heteroatoms. The molecule has 1 rings (SSSR count). The lowest BCUT2D eigenvalue weighted by Crippen LogP contribution is -2.45. The topological polar surface area (TPSA) is 69.6 Å². The van der Waals surface area contributed by atoms with Crippen LogP contribution in [0.2, 0.25) is 0 Å². The third-order valence-electron chi connectivity index (χ3n) is 4.39. The van der Waals surface area contributed by atoms with Gasteiger partial charge in [0.1, 0.15) is 0 Å². The summed E-state index contributed by atoms with van der Waals surface area (Å²) in [6.45, 7) is 3.91. The zero-order valence-electron chi connectivity index (χ0n) is 15.1. The molecular weight excluding hydrogens is 302 g/mol. The van der Waals surface area contributed by atoms with Gasteiger partial charge in [0.15, 0.2) is 0 Å². The summed E-state index contributed by atoms with van der Waals surface area (Å²) in [6.07, 6.45) is 8.16. The Morgan fingerprint density at radius 3 is 2.21 bits per heavy atom. The normalized spacial score (nSPS) is 13.5. The molecule has 0 saturated heterocycles. The minimum absolute atomic E-state index is 0.255. The summed E-state index contributed by atoms with van der Waals surface area (Å²) in [6, 6.07) is 6.64. The van der Waals surface area contributed by atoms with Gasteiger partial charge in [0.25, 0.3) is 5.91 Å². The van der Waals surface area contributed by atoms with Crippen LogP contribution in [0.15, 0.2) is 24.3 Å². The second kappa shape index (κ2) is 12.0. The number of amides is 1. The smallest absolute Gasteiger partial charge is 0.251 e. The minimum Gasteiger partial charge on any atom is -0.394 e. The minimum atomic E-state index is -0.708. The summed E-state index contributed by atoms with van der Waals surface area (Å²) >= 11 is 0. The summed E-state index contributed by atoms with van der Waals surface area (Å²) in [5.41, 5.74) is 1.63. The van der Waals surface area contributed by atoms with Crippen LogP contribution >= 0.6 is 0 Å². The Morgan fingerprint density at radius 1 is 1.04 bits per heavy atom. The van der Waals surface area contributed by atoms with E-state index in [-0.39, 0.29) is 12.5 Å². The number of hydrogen-bond acceptors (Lipinski definition) is 3. The molecule has 0 saturated carbocycles. The van der Waals surface area contributed by atoms with Gasteiger partial charge in [-0.1, -0.05) is 69.6 Å². The van der Waals surface area contributed by atoms with Crippen molar-refractivity contribution >= 4 is 5.91 Å². The lowest BCUT2D eigenvalue weighted by molar-refractivity contribution is 0.0661. The molecule has 2 unspecified atom stereocenters. The molecule has 1 aromatic carbocycles. The molecule has 24 heavy (non-hydrogen) atoms. The first-order chi connectivity index (χ1) is 11.6. The molecule has 0 aromatic heterocycles. The van der Waals surface area contributed by atoms with E-state index in [1.54, 1.807) is 12.1 Å². The van der Waals surface area contributed by atoms with E-state index in [0.717, 1.165) is 18.4 Å². The van der Waals surface area contributed by atoms with Gasteiger partial charge in [-0.05, 0) is 25.5 Å². The number of aliphatic hydroxyl groups is 2. The molecule has 0 heterocycles. The van der Waals surface area contributed by atoms with Crippen molar-refractivity contribution in [3.8, 4) is 0 Å². The molecule has 2 atom stereocenters. The Kier molecular flexibility index (Phi) is 10.4. The second-order valence-electron chi connectivity index (χ2n) is 6.61. The third kappa shape index (κ3) is 7.93. The predicted octanol–water partition coefficient (Wildman–Crippen LogP) is 3.59. The number of rotatable bonds is 12. The number of hydrogen-bond donors (Lipinski definition) is 3. The van der Waals surface area contributed by atoms with Crippen LogP contribution in [0.1, 0.15) is 74.2 Å². The summed E-state index contributed by atoms with van der Waals surface area (Å²) in [4.78, 5) is 12.2. The molecule has 0 radical (unpaired) electrons. The van der Waals surface area contributed by atoms with E-state index >= 15 is 0 Å². The second-order valence-corrected chi connectivity index (χ2v) is 6.61. The van der Waals surface area contributed by atoms with Gasteiger partial charge < -0.3 is 15.5 Å². The Labute approximate surface area is 146 Å². The number of unbranched alkanes of at least 4 members (excludes halogenated alkanes) is 6. The molecule has 0 fully saturated rings. The molecule has 1 amide bonds. The van der Waals surface area contributed by atoms with Crippen molar-refractivity contribution < 1.29 is 15.0 Å². The largest absolute Gasteiger partial charge is 0.394 e. The fourth-order valence-corrected chi connectivity index (χ4v) is 2.73. The summed E-state index contributed by atoms with van der Waals surface area (Å²) < 4.78 is 0. The van der Waals surface area contributed by atoms with Crippen molar-refractivity contribution in [2.75, 3.05) is 6.61 Å². The van der Waals surface area contributed by atoms with Gasteiger partial charge in [0.2, 0.25) is 0 Å². The average Bonchev–Trinajstić information content (AvgIpc) is 2.59. The quantitative estimate of drug-likeness (QED) is 0.511. The Morgan fingerprint density at radius 2 is 1.62 bits per heavy atom. The predicted molar refractivity (Wildman–Crippen MR) is 98.1 cm³/mol. The first-order valence-corrected chi connectivity index (χ1v) is 9.25. The maximum absolute atomic E-state index is 12.2. The third-order valence-corrected chi connectivity index (χ3v) is 4.39. The van der Waals surface area contributed by atoms with E-state index in [1.807, 2.05) is 19.1 Å². The molecule has 136 valence electrons. The van der Waals surface area contributed by atoms with Crippen molar-refractivity contribution in [3.63, 3.8) is 0 Å². The highest BCUT2D eigenvalue weighted by Gasteiger charge is 2.20. The number of benzene rings is 1. The van der Waals surface area contributed by atoms with E-state index in [1.165, 1.54) is 32.1 Å². The van der Waals surface area contributed by atoms with Crippen LogP contribution in [0.3, 0.4) is 0 Å². The molecule has 1 aromatic rings. The number of aliphatic hydroxyl groups excluding tert-OH is 2. The maximum atomic E-state index is 12.2. The number of carbonyl (C=O) groups is 1. The van der Waals surface area contributed by atoms with Crippen LogP contribution in [0, 0.1) is 6.92 Å². The van der Waals surface area contributed by atoms with E-state index in [9.17, 15) is 15.0 Å². The van der Waals surface area contributed by atoms with E-state index in [4.69, 9.17) is 0 Å².